The van der Waals surface area contributed by atoms with Gasteiger partial charge in [-0.05, 0) is 37.5 Å². The van der Waals surface area contributed by atoms with Crippen molar-refractivity contribution >= 4 is 17.5 Å². The molecule has 0 spiro atoms. The normalized spacial score (nSPS) is 12.5. The van der Waals surface area contributed by atoms with Crippen molar-refractivity contribution in [2.45, 2.75) is 52.2 Å². The van der Waals surface area contributed by atoms with E-state index in [0.717, 1.165) is 23.4 Å². The van der Waals surface area contributed by atoms with Gasteiger partial charge in [0.15, 0.2) is 0 Å². The van der Waals surface area contributed by atoms with Gasteiger partial charge >= 0.3 is 0 Å². The highest BCUT2D eigenvalue weighted by atomic mass is 35.5. The largest absolute Gasteiger partial charge is 0.352 e. The Labute approximate surface area is 120 Å². The molecule has 0 aliphatic carbocycles. The van der Waals surface area contributed by atoms with E-state index in [1.54, 1.807) is 0 Å². The molecule has 3 nitrogen and oxygen atoms in total. The molecule has 2 N–H and O–H groups in total. The van der Waals surface area contributed by atoms with Gasteiger partial charge in [0.1, 0.15) is 0 Å². The molecule has 0 heterocycles. The van der Waals surface area contributed by atoms with Crippen LogP contribution in [0.5, 0.6) is 0 Å². The highest BCUT2D eigenvalue weighted by Gasteiger charge is 2.14. The quantitative estimate of drug-likeness (QED) is 0.807. The topological polar surface area (TPSA) is 41.1 Å². The van der Waals surface area contributed by atoms with Gasteiger partial charge in [-0.1, -0.05) is 37.6 Å². The Hall–Kier alpha value is -1.06. The van der Waals surface area contributed by atoms with Crippen LogP contribution >= 0.6 is 11.6 Å². The van der Waals surface area contributed by atoms with Crippen LogP contribution in [0.2, 0.25) is 5.02 Å². The fourth-order valence-corrected chi connectivity index (χ4v) is 1.91. The molecule has 0 radical (unpaired) electrons. The van der Waals surface area contributed by atoms with Gasteiger partial charge in [0.05, 0.1) is 6.04 Å². The fourth-order valence-electron chi connectivity index (χ4n) is 1.78. The molecule has 1 atom stereocenters. The third kappa shape index (κ3) is 5.62. The molecular formula is C15H23ClN2O. The van der Waals surface area contributed by atoms with Crippen molar-refractivity contribution in [3.63, 3.8) is 0 Å². The second-order valence-corrected chi connectivity index (χ2v) is 5.19. The monoisotopic (exact) mass is 282 g/mol. The molecule has 0 fully saturated rings. The first-order chi connectivity index (χ1) is 9.06. The molecule has 0 aliphatic rings. The van der Waals surface area contributed by atoms with Crippen molar-refractivity contribution in [3.8, 4) is 0 Å². The van der Waals surface area contributed by atoms with Crippen LogP contribution in [0.25, 0.3) is 0 Å². The van der Waals surface area contributed by atoms with E-state index >= 15 is 0 Å². The summed E-state index contributed by atoms with van der Waals surface area (Å²) >= 11 is 5.83. The predicted molar refractivity (Wildman–Crippen MR) is 80.3 cm³/mol. The van der Waals surface area contributed by atoms with Crippen molar-refractivity contribution < 1.29 is 4.79 Å². The van der Waals surface area contributed by atoms with Gasteiger partial charge in [-0.15, -0.1) is 0 Å². The first-order valence-corrected chi connectivity index (χ1v) is 7.22. The standard InChI is InChI=1S/C15H23ClN2O/c1-4-14(5-2)18-15(19)11(3)17-10-12-6-8-13(16)9-7-12/h6-9,11,14,17H,4-5,10H2,1-3H3,(H,18,19). The van der Waals surface area contributed by atoms with Crippen molar-refractivity contribution in [2.75, 3.05) is 0 Å². The molecule has 106 valence electrons. The molecule has 1 amide bonds. The summed E-state index contributed by atoms with van der Waals surface area (Å²) in [5.74, 6) is 0.0580. The van der Waals surface area contributed by atoms with E-state index in [1.165, 1.54) is 0 Å². The maximum absolute atomic E-state index is 12.0. The number of hydrogen-bond acceptors (Lipinski definition) is 2. The van der Waals surface area contributed by atoms with Crippen LogP contribution in [0.3, 0.4) is 0 Å². The van der Waals surface area contributed by atoms with Crippen LogP contribution in [0.4, 0.5) is 0 Å². The summed E-state index contributed by atoms with van der Waals surface area (Å²) in [6, 6.07) is 7.70. The van der Waals surface area contributed by atoms with Gasteiger partial charge in [0.25, 0.3) is 0 Å². The lowest BCUT2D eigenvalue weighted by atomic mass is 10.1. The van der Waals surface area contributed by atoms with Crippen molar-refractivity contribution in [2.24, 2.45) is 0 Å². The van der Waals surface area contributed by atoms with Gasteiger partial charge in [0.2, 0.25) is 5.91 Å². The van der Waals surface area contributed by atoms with E-state index < -0.39 is 0 Å². The summed E-state index contributed by atoms with van der Waals surface area (Å²) in [6.07, 6.45) is 1.93. The van der Waals surface area contributed by atoms with E-state index in [4.69, 9.17) is 11.6 Å². The predicted octanol–water partition coefficient (Wildman–Crippen LogP) is 3.12. The number of nitrogens with one attached hydrogen (secondary N) is 2. The van der Waals surface area contributed by atoms with Gasteiger partial charge in [-0.25, -0.2) is 0 Å². The zero-order valence-corrected chi connectivity index (χ0v) is 12.6. The molecule has 1 aromatic rings. The summed E-state index contributed by atoms with van der Waals surface area (Å²) in [6.45, 7) is 6.71. The summed E-state index contributed by atoms with van der Waals surface area (Å²) in [7, 11) is 0. The van der Waals surface area contributed by atoms with Gasteiger partial charge < -0.3 is 10.6 Å². The Morgan fingerprint density at radius 1 is 1.21 bits per heavy atom. The molecule has 19 heavy (non-hydrogen) atoms. The second kappa shape index (κ2) is 8.18. The molecule has 1 rings (SSSR count). The van der Waals surface area contributed by atoms with Gasteiger partial charge in [-0.3, -0.25) is 4.79 Å². The zero-order chi connectivity index (χ0) is 14.3. The van der Waals surface area contributed by atoms with E-state index in [9.17, 15) is 4.79 Å². The van der Waals surface area contributed by atoms with Crippen LogP contribution in [0.1, 0.15) is 39.2 Å². The highest BCUT2D eigenvalue weighted by Crippen LogP contribution is 2.09. The van der Waals surface area contributed by atoms with Crippen molar-refractivity contribution in [1.82, 2.24) is 10.6 Å². The molecule has 0 bridgehead atoms. The average molecular weight is 283 g/mol. The van der Waals surface area contributed by atoms with Crippen molar-refractivity contribution in [3.05, 3.63) is 34.9 Å². The van der Waals surface area contributed by atoms with Crippen LogP contribution < -0.4 is 10.6 Å². The van der Waals surface area contributed by atoms with E-state index in [1.807, 2.05) is 31.2 Å². The van der Waals surface area contributed by atoms with Crippen LogP contribution in [0.15, 0.2) is 24.3 Å². The summed E-state index contributed by atoms with van der Waals surface area (Å²) in [5, 5.41) is 6.98. The Balaban J connectivity index is 2.39. The molecule has 0 aliphatic heterocycles. The first kappa shape index (κ1) is 16.0. The highest BCUT2D eigenvalue weighted by molar-refractivity contribution is 6.30. The summed E-state index contributed by atoms with van der Waals surface area (Å²) < 4.78 is 0. The summed E-state index contributed by atoms with van der Waals surface area (Å²) in [4.78, 5) is 12.0. The van der Waals surface area contributed by atoms with E-state index in [2.05, 4.69) is 24.5 Å². The lowest BCUT2D eigenvalue weighted by Crippen LogP contribution is -2.45. The van der Waals surface area contributed by atoms with E-state index in [0.29, 0.717) is 6.54 Å². The number of hydrogen-bond donors (Lipinski definition) is 2. The molecule has 1 aromatic carbocycles. The molecule has 4 heteroatoms. The lowest BCUT2D eigenvalue weighted by Gasteiger charge is -2.19. The Bertz CT molecular complexity index is 388. The Kier molecular flexibility index (Phi) is 6.89. The first-order valence-electron chi connectivity index (χ1n) is 6.85. The molecule has 1 unspecified atom stereocenters. The second-order valence-electron chi connectivity index (χ2n) is 4.75. The van der Waals surface area contributed by atoms with Crippen molar-refractivity contribution in [1.29, 1.82) is 0 Å². The fraction of sp³-hybridized carbons (Fsp3) is 0.533. The number of rotatable bonds is 7. The summed E-state index contributed by atoms with van der Waals surface area (Å²) in [5.41, 5.74) is 1.12. The number of amides is 1. The third-order valence-electron chi connectivity index (χ3n) is 3.25. The Morgan fingerprint density at radius 3 is 2.32 bits per heavy atom. The third-order valence-corrected chi connectivity index (χ3v) is 3.50. The average Bonchev–Trinajstić information content (AvgIpc) is 2.43. The number of halogens is 1. The maximum Gasteiger partial charge on any atom is 0.237 e. The van der Waals surface area contributed by atoms with Gasteiger partial charge in [-0.2, -0.15) is 0 Å². The number of carbonyl (C=O) groups is 1. The van der Waals surface area contributed by atoms with Crippen LogP contribution in [-0.2, 0) is 11.3 Å². The van der Waals surface area contributed by atoms with E-state index in [-0.39, 0.29) is 18.0 Å². The minimum absolute atomic E-state index is 0.0580. The maximum atomic E-state index is 12.0. The van der Waals surface area contributed by atoms with Crippen LogP contribution in [0, 0.1) is 0 Å². The number of carbonyl (C=O) groups excluding carboxylic acids is 1. The zero-order valence-electron chi connectivity index (χ0n) is 11.9. The Morgan fingerprint density at radius 2 is 1.79 bits per heavy atom. The minimum Gasteiger partial charge on any atom is -0.352 e. The lowest BCUT2D eigenvalue weighted by molar-refractivity contribution is -0.123. The molecule has 0 aromatic heterocycles. The molecule has 0 saturated carbocycles. The smallest absolute Gasteiger partial charge is 0.237 e. The number of benzene rings is 1. The van der Waals surface area contributed by atoms with Crippen LogP contribution in [-0.4, -0.2) is 18.0 Å². The van der Waals surface area contributed by atoms with Gasteiger partial charge in [0, 0.05) is 17.6 Å². The SMILES string of the molecule is CCC(CC)NC(=O)C(C)NCc1ccc(Cl)cc1. The minimum atomic E-state index is -0.198. The molecular weight excluding hydrogens is 260 g/mol. The molecule has 0 saturated heterocycles.